The number of ether oxygens (including phenoxy) is 1. The van der Waals surface area contributed by atoms with E-state index in [0.717, 1.165) is 17.5 Å². The Labute approximate surface area is 152 Å². The number of aliphatic hydroxyl groups is 1. The van der Waals surface area contributed by atoms with Crippen molar-refractivity contribution in [3.8, 4) is 5.75 Å². The smallest absolute Gasteiger partial charge is 0.303 e. The first-order valence-corrected chi connectivity index (χ1v) is 8.70. The number of aliphatic carboxylic acids is 1. The van der Waals surface area contributed by atoms with E-state index >= 15 is 0 Å². The normalized spacial score (nSPS) is 10.8. The van der Waals surface area contributed by atoms with Gasteiger partial charge in [0.15, 0.2) is 0 Å². The summed E-state index contributed by atoms with van der Waals surface area (Å²) in [5.41, 5.74) is 2.79. The Kier molecular flexibility index (Phi) is 5.87. The van der Waals surface area contributed by atoms with Gasteiger partial charge in [0.05, 0.1) is 13.2 Å². The van der Waals surface area contributed by atoms with Crippen LogP contribution in [0.2, 0.25) is 0 Å². The van der Waals surface area contributed by atoms with Crippen molar-refractivity contribution in [2.24, 2.45) is 0 Å². The summed E-state index contributed by atoms with van der Waals surface area (Å²) in [5.74, 6) is -0.183. The van der Waals surface area contributed by atoms with Crippen LogP contribution >= 0.6 is 0 Å². The largest absolute Gasteiger partial charge is 0.493 e. The highest BCUT2D eigenvalue weighted by molar-refractivity contribution is 5.82. The van der Waals surface area contributed by atoms with Crippen LogP contribution in [-0.4, -0.2) is 22.8 Å². The lowest BCUT2D eigenvalue weighted by molar-refractivity contribution is -0.136. The van der Waals surface area contributed by atoms with E-state index in [0.29, 0.717) is 18.8 Å². The predicted molar refractivity (Wildman–Crippen MR) is 101 cm³/mol. The van der Waals surface area contributed by atoms with Gasteiger partial charge in [0.2, 0.25) is 0 Å². The van der Waals surface area contributed by atoms with Crippen LogP contribution in [0.3, 0.4) is 0 Å². The second kappa shape index (κ2) is 8.50. The zero-order valence-electron chi connectivity index (χ0n) is 14.5. The van der Waals surface area contributed by atoms with Crippen molar-refractivity contribution in [1.29, 1.82) is 0 Å². The molecule has 4 nitrogen and oxygen atoms in total. The molecular weight excluding hydrogens is 328 g/mol. The molecule has 26 heavy (non-hydrogen) atoms. The number of rotatable bonds is 8. The van der Waals surface area contributed by atoms with Crippen molar-refractivity contribution >= 4 is 16.7 Å². The molecular formula is C22H22O4. The molecule has 0 aliphatic rings. The van der Waals surface area contributed by atoms with Crippen LogP contribution in [0.4, 0.5) is 0 Å². The zero-order chi connectivity index (χ0) is 18.4. The number of aliphatic hydroxyl groups excluding tert-OH is 1. The van der Waals surface area contributed by atoms with Gasteiger partial charge < -0.3 is 14.9 Å². The van der Waals surface area contributed by atoms with E-state index < -0.39 is 5.97 Å². The maximum absolute atomic E-state index is 10.8. The van der Waals surface area contributed by atoms with Crippen molar-refractivity contribution in [1.82, 2.24) is 0 Å². The fourth-order valence-corrected chi connectivity index (χ4v) is 2.95. The summed E-state index contributed by atoms with van der Waals surface area (Å²) >= 11 is 0. The minimum absolute atomic E-state index is 0.0551. The summed E-state index contributed by atoms with van der Waals surface area (Å²) in [6.07, 6.45) is 1.22. The molecule has 0 atom stereocenters. The van der Waals surface area contributed by atoms with Gasteiger partial charge in [0.1, 0.15) is 5.75 Å². The number of aryl methyl sites for hydroxylation is 1. The van der Waals surface area contributed by atoms with Gasteiger partial charge in [-0.3, -0.25) is 4.79 Å². The molecule has 0 aliphatic carbocycles. The van der Waals surface area contributed by atoms with E-state index in [9.17, 15) is 9.90 Å². The minimum atomic E-state index is -0.835. The summed E-state index contributed by atoms with van der Waals surface area (Å²) < 4.78 is 5.92. The lowest BCUT2D eigenvalue weighted by Crippen LogP contribution is -2.05. The maximum atomic E-state index is 10.8. The first-order chi connectivity index (χ1) is 12.7. The van der Waals surface area contributed by atoms with Gasteiger partial charge in [-0.1, -0.05) is 54.6 Å². The number of carboxylic acids is 1. The van der Waals surface area contributed by atoms with Gasteiger partial charge in [-0.05, 0) is 39.9 Å². The third kappa shape index (κ3) is 4.61. The fourth-order valence-electron chi connectivity index (χ4n) is 2.95. The van der Waals surface area contributed by atoms with E-state index in [-0.39, 0.29) is 13.0 Å². The molecule has 0 saturated heterocycles. The molecule has 134 valence electrons. The summed E-state index contributed by atoms with van der Waals surface area (Å²) in [5, 5.41) is 20.6. The number of carboxylic acid groups (broad SMARTS) is 1. The molecule has 0 saturated carbocycles. The second-order valence-electron chi connectivity index (χ2n) is 6.27. The van der Waals surface area contributed by atoms with Gasteiger partial charge in [-0.2, -0.15) is 0 Å². The first kappa shape index (κ1) is 18.0. The van der Waals surface area contributed by atoms with Crippen LogP contribution in [0.15, 0.2) is 60.7 Å². The summed E-state index contributed by atoms with van der Waals surface area (Å²) in [6, 6.07) is 20.0. The Morgan fingerprint density at radius 1 is 0.885 bits per heavy atom. The van der Waals surface area contributed by atoms with Crippen molar-refractivity contribution in [3.63, 3.8) is 0 Å². The van der Waals surface area contributed by atoms with E-state index in [1.807, 2.05) is 18.2 Å². The van der Waals surface area contributed by atoms with Gasteiger partial charge in [-0.15, -0.1) is 0 Å². The second-order valence-corrected chi connectivity index (χ2v) is 6.27. The Hall–Kier alpha value is -2.85. The molecule has 0 unspecified atom stereocenters. The Morgan fingerprint density at radius 2 is 1.65 bits per heavy atom. The number of benzene rings is 3. The predicted octanol–water partition coefficient (Wildman–Crippen LogP) is 3.97. The van der Waals surface area contributed by atoms with Gasteiger partial charge in [0, 0.05) is 12.8 Å². The highest BCUT2D eigenvalue weighted by Gasteiger charge is 2.08. The Bertz CT molecular complexity index is 902. The Balaban J connectivity index is 1.68. The van der Waals surface area contributed by atoms with Crippen LogP contribution in [0.1, 0.15) is 23.1 Å². The van der Waals surface area contributed by atoms with Gasteiger partial charge in [-0.25, -0.2) is 0 Å². The van der Waals surface area contributed by atoms with Crippen LogP contribution in [-0.2, 0) is 24.2 Å². The SMILES string of the molecule is O=C(O)CCc1ccc(CO)cc1OCCc1ccc2ccccc2c1. The molecule has 0 heterocycles. The standard InChI is InChI=1S/C22H22O4/c23-15-17-6-8-19(9-10-22(24)25)21(14-17)26-12-11-16-5-7-18-3-1-2-4-20(18)13-16/h1-8,13-14,23H,9-12,15H2,(H,24,25). The minimum Gasteiger partial charge on any atom is -0.493 e. The molecule has 3 aromatic rings. The fraction of sp³-hybridized carbons (Fsp3) is 0.227. The first-order valence-electron chi connectivity index (χ1n) is 8.70. The van der Waals surface area contributed by atoms with E-state index in [4.69, 9.17) is 9.84 Å². The van der Waals surface area contributed by atoms with E-state index in [1.165, 1.54) is 16.3 Å². The topological polar surface area (TPSA) is 66.8 Å². The number of hydrogen-bond donors (Lipinski definition) is 2. The Morgan fingerprint density at radius 3 is 2.42 bits per heavy atom. The summed E-state index contributed by atoms with van der Waals surface area (Å²) in [4.78, 5) is 10.8. The lowest BCUT2D eigenvalue weighted by Gasteiger charge is -2.13. The van der Waals surface area contributed by atoms with E-state index in [1.54, 1.807) is 12.1 Å². The lowest BCUT2D eigenvalue weighted by atomic mass is 10.0. The van der Waals surface area contributed by atoms with Gasteiger partial charge >= 0.3 is 5.97 Å². The average molecular weight is 350 g/mol. The highest BCUT2D eigenvalue weighted by atomic mass is 16.5. The van der Waals surface area contributed by atoms with Gasteiger partial charge in [0.25, 0.3) is 0 Å². The summed E-state index contributed by atoms with van der Waals surface area (Å²) in [6.45, 7) is 0.424. The molecule has 0 radical (unpaired) electrons. The molecule has 3 aromatic carbocycles. The monoisotopic (exact) mass is 350 g/mol. The van der Waals surface area contributed by atoms with Crippen molar-refractivity contribution < 1.29 is 19.7 Å². The van der Waals surface area contributed by atoms with Crippen molar-refractivity contribution in [2.45, 2.75) is 25.9 Å². The molecule has 2 N–H and O–H groups in total. The maximum Gasteiger partial charge on any atom is 0.303 e. The third-order valence-corrected chi connectivity index (χ3v) is 4.38. The third-order valence-electron chi connectivity index (χ3n) is 4.38. The van der Waals surface area contributed by atoms with Crippen LogP contribution in [0.5, 0.6) is 5.75 Å². The van der Waals surface area contributed by atoms with Crippen LogP contribution in [0.25, 0.3) is 10.8 Å². The number of carbonyl (C=O) groups is 1. The molecule has 0 fully saturated rings. The average Bonchev–Trinajstić information content (AvgIpc) is 2.66. The van der Waals surface area contributed by atoms with Crippen LogP contribution in [0, 0.1) is 0 Å². The molecule has 0 bridgehead atoms. The molecule has 0 spiro atoms. The molecule has 0 aromatic heterocycles. The molecule has 0 aliphatic heterocycles. The number of fused-ring (bicyclic) bond motifs is 1. The molecule has 3 rings (SSSR count). The van der Waals surface area contributed by atoms with Crippen molar-refractivity contribution in [3.05, 3.63) is 77.4 Å². The molecule has 4 heteroatoms. The quantitative estimate of drug-likeness (QED) is 0.645. The number of hydrogen-bond acceptors (Lipinski definition) is 3. The summed E-state index contributed by atoms with van der Waals surface area (Å²) in [7, 11) is 0. The van der Waals surface area contributed by atoms with Crippen molar-refractivity contribution in [2.75, 3.05) is 6.61 Å². The highest BCUT2D eigenvalue weighted by Crippen LogP contribution is 2.23. The zero-order valence-corrected chi connectivity index (χ0v) is 14.5. The van der Waals surface area contributed by atoms with Crippen LogP contribution < -0.4 is 4.74 Å². The van der Waals surface area contributed by atoms with E-state index in [2.05, 4.69) is 30.3 Å². The molecule has 0 amide bonds.